The van der Waals surface area contributed by atoms with E-state index in [1.807, 2.05) is 26.0 Å². The Morgan fingerprint density at radius 3 is 2.62 bits per heavy atom. The van der Waals surface area contributed by atoms with Crippen LogP contribution in [0.4, 0.5) is 0 Å². The molecule has 1 fully saturated rings. The van der Waals surface area contributed by atoms with Gasteiger partial charge in [0.15, 0.2) is 4.96 Å². The molecule has 1 amide bonds. The zero-order valence-corrected chi connectivity index (χ0v) is 14.4. The van der Waals surface area contributed by atoms with Gasteiger partial charge in [-0.25, -0.2) is 4.98 Å². The van der Waals surface area contributed by atoms with Gasteiger partial charge in [0.05, 0.1) is 24.2 Å². The molecule has 124 valence electrons. The molecule has 3 heterocycles. The second-order valence-electron chi connectivity index (χ2n) is 6.01. The van der Waals surface area contributed by atoms with Crippen molar-refractivity contribution in [2.24, 2.45) is 0 Å². The monoisotopic (exact) mass is 343 g/mol. The van der Waals surface area contributed by atoms with Crippen molar-refractivity contribution in [1.29, 1.82) is 0 Å². The summed E-state index contributed by atoms with van der Waals surface area (Å²) < 4.78 is 6.86. The molecule has 0 saturated carbocycles. The Hall–Kier alpha value is -2.25. The van der Waals surface area contributed by atoms with E-state index in [1.165, 1.54) is 17.4 Å². The summed E-state index contributed by atoms with van der Waals surface area (Å²) in [5, 5.41) is 0. The van der Waals surface area contributed by atoms with Crippen molar-refractivity contribution < 1.29 is 9.53 Å². The first-order valence-corrected chi connectivity index (χ1v) is 8.67. The predicted octanol–water partition coefficient (Wildman–Crippen LogP) is 2.00. The molecule has 0 radical (unpaired) electrons. The van der Waals surface area contributed by atoms with Crippen LogP contribution in [0.15, 0.2) is 23.0 Å². The molecule has 3 aromatic rings. The summed E-state index contributed by atoms with van der Waals surface area (Å²) in [4.78, 5) is 32.5. The fourth-order valence-electron chi connectivity index (χ4n) is 2.92. The fraction of sp³-hybridized carbons (Fsp3) is 0.353. The Bertz CT molecular complexity index is 1020. The quantitative estimate of drug-likeness (QED) is 0.678. The number of aromatic nitrogens is 2. The number of carbonyl (C=O) groups is 1. The van der Waals surface area contributed by atoms with Gasteiger partial charge in [-0.15, -0.1) is 0 Å². The topological polar surface area (TPSA) is 63.9 Å². The van der Waals surface area contributed by atoms with Crippen molar-refractivity contribution >= 4 is 33.2 Å². The molecular formula is C17H17N3O3S. The van der Waals surface area contributed by atoms with E-state index in [2.05, 4.69) is 4.98 Å². The second kappa shape index (κ2) is 5.68. The molecule has 7 heteroatoms. The van der Waals surface area contributed by atoms with E-state index in [4.69, 9.17) is 4.74 Å². The number of amides is 1. The number of morpholine rings is 1. The number of rotatable bonds is 1. The third-order valence-electron chi connectivity index (χ3n) is 4.42. The highest BCUT2D eigenvalue weighted by Crippen LogP contribution is 2.23. The summed E-state index contributed by atoms with van der Waals surface area (Å²) in [5.74, 6) is -0.123. The van der Waals surface area contributed by atoms with Crippen molar-refractivity contribution in [3.05, 3.63) is 44.6 Å². The van der Waals surface area contributed by atoms with Crippen LogP contribution in [0.3, 0.4) is 0 Å². The minimum atomic E-state index is -0.217. The largest absolute Gasteiger partial charge is 0.378 e. The Kier molecular flexibility index (Phi) is 3.62. The lowest BCUT2D eigenvalue weighted by Crippen LogP contribution is -2.40. The maximum atomic E-state index is 12.6. The molecule has 0 aliphatic carbocycles. The minimum Gasteiger partial charge on any atom is -0.378 e. The first-order chi connectivity index (χ1) is 11.5. The molecule has 1 aliphatic rings. The predicted molar refractivity (Wildman–Crippen MR) is 93.0 cm³/mol. The molecule has 0 spiro atoms. The Labute approximate surface area is 142 Å². The summed E-state index contributed by atoms with van der Waals surface area (Å²) in [6.45, 7) is 6.22. The number of hydrogen-bond donors (Lipinski definition) is 0. The Morgan fingerprint density at radius 2 is 1.88 bits per heavy atom. The van der Waals surface area contributed by atoms with Crippen LogP contribution in [0.5, 0.6) is 0 Å². The number of nitrogens with zero attached hydrogens (tertiary/aromatic N) is 3. The molecule has 4 rings (SSSR count). The molecule has 2 aromatic heterocycles. The lowest BCUT2D eigenvalue weighted by molar-refractivity contribution is 0.0306. The highest BCUT2D eigenvalue weighted by Gasteiger charge is 2.21. The first kappa shape index (κ1) is 15.3. The van der Waals surface area contributed by atoms with Crippen molar-refractivity contribution in [3.8, 4) is 0 Å². The second-order valence-corrected chi connectivity index (χ2v) is 7.02. The van der Waals surface area contributed by atoms with Gasteiger partial charge >= 0.3 is 0 Å². The van der Waals surface area contributed by atoms with Crippen LogP contribution in [-0.2, 0) is 4.74 Å². The number of aryl methyl sites for hydroxylation is 2. The zero-order valence-electron chi connectivity index (χ0n) is 13.5. The average Bonchev–Trinajstić information content (AvgIpc) is 2.93. The van der Waals surface area contributed by atoms with Crippen LogP contribution in [0.25, 0.3) is 16.0 Å². The third kappa shape index (κ3) is 2.40. The summed E-state index contributed by atoms with van der Waals surface area (Å²) in [7, 11) is 0. The molecule has 0 bridgehead atoms. The lowest BCUT2D eigenvalue weighted by Gasteiger charge is -2.26. The van der Waals surface area contributed by atoms with E-state index in [-0.39, 0.29) is 11.5 Å². The Morgan fingerprint density at radius 1 is 1.17 bits per heavy atom. The maximum Gasteiger partial charge on any atom is 0.264 e. The molecule has 24 heavy (non-hydrogen) atoms. The molecule has 1 saturated heterocycles. The molecule has 0 unspecified atom stereocenters. The van der Waals surface area contributed by atoms with Gasteiger partial charge in [-0.05, 0) is 37.1 Å². The summed E-state index contributed by atoms with van der Waals surface area (Å²) in [5.41, 5.74) is 3.60. The molecule has 1 aromatic carbocycles. The fourth-order valence-corrected chi connectivity index (χ4v) is 3.92. The highest BCUT2D eigenvalue weighted by molar-refractivity contribution is 7.18. The molecular weight excluding hydrogens is 326 g/mol. The van der Waals surface area contributed by atoms with Gasteiger partial charge in [0.2, 0.25) is 0 Å². The number of fused-ring (bicyclic) bond motifs is 3. The summed E-state index contributed by atoms with van der Waals surface area (Å²) in [6.07, 6.45) is 0. The molecule has 6 nitrogen and oxygen atoms in total. The van der Waals surface area contributed by atoms with E-state index in [9.17, 15) is 9.59 Å². The number of hydrogen-bond acceptors (Lipinski definition) is 5. The van der Waals surface area contributed by atoms with Gasteiger partial charge < -0.3 is 9.64 Å². The summed E-state index contributed by atoms with van der Waals surface area (Å²) in [6, 6.07) is 5.38. The van der Waals surface area contributed by atoms with Crippen LogP contribution in [0.1, 0.15) is 20.8 Å². The zero-order chi connectivity index (χ0) is 16.8. The molecule has 0 atom stereocenters. The van der Waals surface area contributed by atoms with Crippen molar-refractivity contribution in [1.82, 2.24) is 14.3 Å². The maximum absolute atomic E-state index is 12.6. The lowest BCUT2D eigenvalue weighted by atomic mass is 10.1. The SMILES string of the molecule is Cc1cc2nc3sc(C(=O)N4CCOCC4)cc(=O)n3c2cc1C. The Balaban J connectivity index is 1.86. The van der Waals surface area contributed by atoms with Crippen LogP contribution in [0.2, 0.25) is 0 Å². The number of benzene rings is 1. The van der Waals surface area contributed by atoms with Crippen LogP contribution < -0.4 is 5.56 Å². The number of carbonyl (C=O) groups excluding carboxylic acids is 1. The normalized spacial score (nSPS) is 15.3. The van der Waals surface area contributed by atoms with Gasteiger partial charge in [-0.2, -0.15) is 0 Å². The first-order valence-electron chi connectivity index (χ1n) is 7.85. The van der Waals surface area contributed by atoms with Gasteiger partial charge in [0.1, 0.15) is 4.88 Å². The van der Waals surface area contributed by atoms with E-state index in [0.717, 1.165) is 22.2 Å². The summed E-state index contributed by atoms with van der Waals surface area (Å²) >= 11 is 1.26. The van der Waals surface area contributed by atoms with E-state index >= 15 is 0 Å². The molecule has 1 aliphatic heterocycles. The standard InChI is InChI=1S/C17H17N3O3S/c1-10-7-12-13(8-11(10)2)20-15(21)9-14(24-17(20)18-12)16(22)19-3-5-23-6-4-19/h7-9H,3-6H2,1-2H3. The van der Waals surface area contributed by atoms with Crippen LogP contribution in [-0.4, -0.2) is 46.5 Å². The van der Waals surface area contributed by atoms with Crippen LogP contribution >= 0.6 is 11.3 Å². The van der Waals surface area contributed by atoms with E-state index < -0.39 is 0 Å². The number of ether oxygens (including phenoxy) is 1. The van der Waals surface area contributed by atoms with Crippen molar-refractivity contribution in [3.63, 3.8) is 0 Å². The van der Waals surface area contributed by atoms with E-state index in [0.29, 0.717) is 36.1 Å². The van der Waals surface area contributed by atoms with Crippen molar-refractivity contribution in [2.75, 3.05) is 26.3 Å². The van der Waals surface area contributed by atoms with Crippen LogP contribution in [0, 0.1) is 13.8 Å². The average molecular weight is 343 g/mol. The molecule has 0 N–H and O–H groups in total. The van der Waals surface area contributed by atoms with Gasteiger partial charge in [0, 0.05) is 19.2 Å². The van der Waals surface area contributed by atoms with Crippen molar-refractivity contribution in [2.45, 2.75) is 13.8 Å². The minimum absolute atomic E-state index is 0.123. The van der Waals surface area contributed by atoms with Gasteiger partial charge in [-0.1, -0.05) is 11.3 Å². The smallest absolute Gasteiger partial charge is 0.264 e. The van der Waals surface area contributed by atoms with E-state index in [1.54, 1.807) is 9.30 Å². The number of imidazole rings is 1. The van der Waals surface area contributed by atoms with Gasteiger partial charge in [-0.3, -0.25) is 14.0 Å². The van der Waals surface area contributed by atoms with Gasteiger partial charge in [0.25, 0.3) is 11.5 Å². The highest BCUT2D eigenvalue weighted by atomic mass is 32.1. The third-order valence-corrected chi connectivity index (χ3v) is 5.39.